The maximum atomic E-state index is 12.8. The van der Waals surface area contributed by atoms with Crippen LogP contribution < -0.4 is 4.74 Å². The number of carbonyl (C=O) groups is 1. The van der Waals surface area contributed by atoms with Crippen LogP contribution in [0.2, 0.25) is 0 Å². The number of benzene rings is 1. The van der Waals surface area contributed by atoms with E-state index in [0.29, 0.717) is 6.29 Å². The second-order valence-electron chi connectivity index (χ2n) is 3.84. The van der Waals surface area contributed by atoms with Gasteiger partial charge in [0.2, 0.25) is 0 Å². The van der Waals surface area contributed by atoms with E-state index in [1.807, 2.05) is 0 Å². The van der Waals surface area contributed by atoms with Gasteiger partial charge in [0.1, 0.15) is 12.0 Å². The first-order chi connectivity index (χ1) is 7.88. The number of rotatable bonds is 4. The fourth-order valence-corrected chi connectivity index (χ4v) is 1.52. The summed E-state index contributed by atoms with van der Waals surface area (Å²) in [5.74, 6) is -0.288. The zero-order valence-corrected chi connectivity index (χ0v) is 9.54. The molecule has 0 spiro atoms. The lowest BCUT2D eigenvalue weighted by Crippen LogP contribution is -2.12. The zero-order chi connectivity index (χ0) is 13.1. The third kappa shape index (κ3) is 3.47. The van der Waals surface area contributed by atoms with Gasteiger partial charge in [0.15, 0.2) is 0 Å². The van der Waals surface area contributed by atoms with E-state index in [0.717, 1.165) is 6.07 Å². The Morgan fingerprint density at radius 2 is 2.06 bits per heavy atom. The molecule has 1 aromatic rings. The minimum absolute atomic E-state index is 0.0718. The van der Waals surface area contributed by atoms with Gasteiger partial charge >= 0.3 is 6.18 Å². The van der Waals surface area contributed by atoms with Gasteiger partial charge in [0.25, 0.3) is 0 Å². The van der Waals surface area contributed by atoms with Crippen molar-refractivity contribution in [1.29, 1.82) is 0 Å². The lowest BCUT2D eigenvalue weighted by atomic mass is 9.97. The molecule has 0 bridgehead atoms. The highest BCUT2D eigenvalue weighted by Gasteiger charge is 2.33. The van der Waals surface area contributed by atoms with Crippen molar-refractivity contribution in [2.75, 3.05) is 7.11 Å². The van der Waals surface area contributed by atoms with Gasteiger partial charge in [0.05, 0.1) is 12.7 Å². The van der Waals surface area contributed by atoms with Crippen LogP contribution in [-0.2, 0) is 17.4 Å². The van der Waals surface area contributed by atoms with E-state index in [9.17, 15) is 18.0 Å². The summed E-state index contributed by atoms with van der Waals surface area (Å²) >= 11 is 0. The second-order valence-corrected chi connectivity index (χ2v) is 3.84. The predicted octanol–water partition coefficient (Wildman–Crippen LogP) is 3.09. The second kappa shape index (κ2) is 5.21. The highest BCUT2D eigenvalue weighted by molar-refractivity contribution is 5.54. The molecule has 0 aromatic heterocycles. The Hall–Kier alpha value is -1.52. The van der Waals surface area contributed by atoms with Crippen LogP contribution >= 0.6 is 0 Å². The van der Waals surface area contributed by atoms with E-state index in [1.54, 1.807) is 6.92 Å². The lowest BCUT2D eigenvalue weighted by molar-refractivity contribution is -0.138. The normalized spacial score (nSPS) is 13.2. The van der Waals surface area contributed by atoms with Crippen LogP contribution in [0.1, 0.15) is 18.1 Å². The van der Waals surface area contributed by atoms with Gasteiger partial charge in [-0.15, -0.1) is 0 Å². The molecule has 0 heterocycles. The third-order valence-corrected chi connectivity index (χ3v) is 2.40. The molecule has 0 N–H and O–H groups in total. The highest BCUT2D eigenvalue weighted by atomic mass is 19.4. The molecule has 94 valence electrons. The molecule has 0 saturated carbocycles. The van der Waals surface area contributed by atoms with Gasteiger partial charge in [-0.3, -0.25) is 0 Å². The van der Waals surface area contributed by atoms with Crippen molar-refractivity contribution in [2.24, 2.45) is 5.92 Å². The van der Waals surface area contributed by atoms with Crippen molar-refractivity contribution in [1.82, 2.24) is 0 Å². The van der Waals surface area contributed by atoms with Gasteiger partial charge in [0, 0.05) is 5.92 Å². The van der Waals surface area contributed by atoms with Crippen molar-refractivity contribution >= 4 is 6.29 Å². The molecule has 0 aliphatic heterocycles. The summed E-state index contributed by atoms with van der Waals surface area (Å²) in [5, 5.41) is 0. The van der Waals surface area contributed by atoms with Crippen molar-refractivity contribution in [3.05, 3.63) is 29.3 Å². The third-order valence-electron chi connectivity index (χ3n) is 2.40. The summed E-state index contributed by atoms with van der Waals surface area (Å²) in [6, 6.07) is 3.76. The molecule has 0 aliphatic rings. The van der Waals surface area contributed by atoms with E-state index >= 15 is 0 Å². The van der Waals surface area contributed by atoms with E-state index < -0.39 is 17.7 Å². The van der Waals surface area contributed by atoms with Crippen molar-refractivity contribution in [3.63, 3.8) is 0 Å². The number of aldehydes is 1. The molecule has 1 unspecified atom stereocenters. The molecule has 0 aliphatic carbocycles. The lowest BCUT2D eigenvalue weighted by Gasteiger charge is -2.15. The topological polar surface area (TPSA) is 26.3 Å². The number of carbonyl (C=O) groups excluding carboxylic acids is 1. The number of alkyl halides is 3. The molecule has 0 amide bonds. The van der Waals surface area contributed by atoms with Gasteiger partial charge in [-0.05, 0) is 24.1 Å². The molecule has 1 atom stereocenters. The SMILES string of the molecule is COc1ccc(CC(C)C=O)c(C(F)(F)F)c1. The highest BCUT2D eigenvalue weighted by Crippen LogP contribution is 2.35. The molecule has 0 saturated heterocycles. The number of halogens is 3. The summed E-state index contributed by atoms with van der Waals surface area (Å²) in [7, 11) is 1.31. The largest absolute Gasteiger partial charge is 0.497 e. The van der Waals surface area contributed by atoms with Gasteiger partial charge in [-0.25, -0.2) is 0 Å². The number of ether oxygens (including phenoxy) is 1. The first-order valence-corrected chi connectivity index (χ1v) is 5.08. The Bertz CT molecular complexity index is 399. The van der Waals surface area contributed by atoms with E-state index in [1.165, 1.54) is 19.2 Å². The first kappa shape index (κ1) is 13.5. The molecule has 1 rings (SSSR count). The maximum Gasteiger partial charge on any atom is 0.416 e. The number of hydrogen-bond donors (Lipinski definition) is 0. The Labute approximate surface area is 97.4 Å². The van der Waals surface area contributed by atoms with Crippen LogP contribution in [0.3, 0.4) is 0 Å². The quantitative estimate of drug-likeness (QED) is 0.763. The molecule has 1 aromatic carbocycles. The summed E-state index contributed by atoms with van der Waals surface area (Å²) in [4.78, 5) is 10.5. The molecular formula is C12H13F3O2. The van der Waals surface area contributed by atoms with Crippen LogP contribution in [0.5, 0.6) is 5.75 Å². The molecule has 0 fully saturated rings. The average Bonchev–Trinajstić information content (AvgIpc) is 2.28. The van der Waals surface area contributed by atoms with Crippen LogP contribution in [0, 0.1) is 5.92 Å². The van der Waals surface area contributed by atoms with Gasteiger partial charge in [-0.1, -0.05) is 13.0 Å². The molecular weight excluding hydrogens is 233 g/mol. The van der Waals surface area contributed by atoms with Crippen molar-refractivity contribution in [2.45, 2.75) is 19.5 Å². The van der Waals surface area contributed by atoms with Gasteiger partial charge in [-0.2, -0.15) is 13.2 Å². The van der Waals surface area contributed by atoms with Crippen LogP contribution in [0.4, 0.5) is 13.2 Å². The average molecular weight is 246 g/mol. The predicted molar refractivity (Wildman–Crippen MR) is 56.9 cm³/mol. The first-order valence-electron chi connectivity index (χ1n) is 5.08. The minimum Gasteiger partial charge on any atom is -0.497 e. The van der Waals surface area contributed by atoms with Crippen LogP contribution in [0.15, 0.2) is 18.2 Å². The van der Waals surface area contributed by atoms with Crippen molar-refractivity contribution < 1.29 is 22.7 Å². The Kier molecular flexibility index (Phi) is 4.15. The summed E-state index contributed by atoms with van der Waals surface area (Å²) in [6.45, 7) is 1.58. The molecule has 2 nitrogen and oxygen atoms in total. The van der Waals surface area contributed by atoms with Crippen molar-refractivity contribution in [3.8, 4) is 5.75 Å². The smallest absolute Gasteiger partial charge is 0.416 e. The Morgan fingerprint density at radius 1 is 1.41 bits per heavy atom. The van der Waals surface area contributed by atoms with E-state index in [-0.39, 0.29) is 17.7 Å². The molecule has 5 heteroatoms. The van der Waals surface area contributed by atoms with Crippen LogP contribution in [-0.4, -0.2) is 13.4 Å². The fraction of sp³-hybridized carbons (Fsp3) is 0.417. The monoisotopic (exact) mass is 246 g/mol. The molecule has 17 heavy (non-hydrogen) atoms. The minimum atomic E-state index is -4.44. The zero-order valence-electron chi connectivity index (χ0n) is 9.54. The summed E-state index contributed by atoms with van der Waals surface area (Å²) in [6.07, 6.45) is -3.72. The summed E-state index contributed by atoms with van der Waals surface area (Å²) in [5.41, 5.74) is -0.636. The maximum absolute atomic E-state index is 12.8. The Morgan fingerprint density at radius 3 is 2.53 bits per heavy atom. The van der Waals surface area contributed by atoms with E-state index in [4.69, 9.17) is 4.74 Å². The molecule has 0 radical (unpaired) electrons. The fourth-order valence-electron chi connectivity index (χ4n) is 1.52. The van der Waals surface area contributed by atoms with Crippen LogP contribution in [0.25, 0.3) is 0 Å². The van der Waals surface area contributed by atoms with Gasteiger partial charge < -0.3 is 9.53 Å². The summed E-state index contributed by atoms with van der Waals surface area (Å²) < 4.78 is 43.1. The standard InChI is InChI=1S/C12H13F3O2/c1-8(7-16)5-9-3-4-10(17-2)6-11(9)12(13,14)15/h3-4,6-8H,5H2,1-2H3. The Balaban J connectivity index is 3.15. The van der Waals surface area contributed by atoms with E-state index in [2.05, 4.69) is 0 Å². The number of hydrogen-bond acceptors (Lipinski definition) is 2. The number of methoxy groups -OCH3 is 1.